The molecule has 0 amide bonds. The van der Waals surface area contributed by atoms with Gasteiger partial charge in [0.25, 0.3) is 0 Å². The molecule has 1 fully saturated rings. The molecule has 1 saturated carbocycles. The van der Waals surface area contributed by atoms with E-state index < -0.39 is 20.5 Å². The standard InChI is InChI=1S/C20H21NO3S/c1-3-24-14-20(13-21)18(16-7-5-4-6-8-16)19(20)25(22,23)17-11-9-15(2)10-12-17/h4-12,18-19H,3,14H2,1-2H3/t18-,19+,20+/m1/s1. The molecule has 0 unspecified atom stereocenters. The number of hydrogen-bond acceptors (Lipinski definition) is 4. The molecule has 0 heterocycles. The number of hydrogen-bond donors (Lipinski definition) is 0. The van der Waals surface area contributed by atoms with Gasteiger partial charge in [-0.3, -0.25) is 0 Å². The number of aryl methyl sites for hydroxylation is 1. The summed E-state index contributed by atoms with van der Waals surface area (Å²) in [5.74, 6) is -0.378. The molecule has 1 aliphatic rings. The summed E-state index contributed by atoms with van der Waals surface area (Å²) in [7, 11) is -3.63. The molecule has 0 spiro atoms. The predicted molar refractivity (Wildman–Crippen MR) is 95.9 cm³/mol. The van der Waals surface area contributed by atoms with Gasteiger partial charge in [0.05, 0.1) is 22.8 Å². The van der Waals surface area contributed by atoms with Crippen molar-refractivity contribution in [1.29, 1.82) is 5.26 Å². The Morgan fingerprint density at radius 2 is 1.76 bits per heavy atom. The summed E-state index contributed by atoms with van der Waals surface area (Å²) in [6, 6.07) is 18.4. The van der Waals surface area contributed by atoms with Crippen LogP contribution in [0.15, 0.2) is 59.5 Å². The van der Waals surface area contributed by atoms with E-state index in [1.165, 1.54) is 0 Å². The van der Waals surface area contributed by atoms with E-state index in [4.69, 9.17) is 4.74 Å². The van der Waals surface area contributed by atoms with Gasteiger partial charge < -0.3 is 4.74 Å². The van der Waals surface area contributed by atoms with Crippen LogP contribution < -0.4 is 0 Å². The van der Waals surface area contributed by atoms with Crippen molar-refractivity contribution in [3.05, 3.63) is 65.7 Å². The van der Waals surface area contributed by atoms with Crippen molar-refractivity contribution < 1.29 is 13.2 Å². The first-order valence-corrected chi connectivity index (χ1v) is 9.86. The van der Waals surface area contributed by atoms with Crippen LogP contribution in [0.4, 0.5) is 0 Å². The molecule has 0 bridgehead atoms. The van der Waals surface area contributed by atoms with Gasteiger partial charge in [-0.05, 0) is 31.5 Å². The monoisotopic (exact) mass is 355 g/mol. The van der Waals surface area contributed by atoms with E-state index in [0.717, 1.165) is 11.1 Å². The molecular weight excluding hydrogens is 334 g/mol. The average molecular weight is 355 g/mol. The predicted octanol–water partition coefficient (Wildman–Crippen LogP) is 3.48. The summed E-state index contributed by atoms with van der Waals surface area (Å²) in [4.78, 5) is 0.262. The Kier molecular flexibility index (Phi) is 4.68. The third-order valence-electron chi connectivity index (χ3n) is 4.85. The van der Waals surface area contributed by atoms with E-state index in [2.05, 4.69) is 6.07 Å². The lowest BCUT2D eigenvalue weighted by atomic mass is 10.0. The zero-order valence-electron chi connectivity index (χ0n) is 14.3. The Balaban J connectivity index is 2.05. The van der Waals surface area contributed by atoms with E-state index in [1.807, 2.05) is 44.2 Å². The van der Waals surface area contributed by atoms with Gasteiger partial charge in [-0.25, -0.2) is 8.42 Å². The van der Waals surface area contributed by atoms with Gasteiger partial charge in [0.1, 0.15) is 5.41 Å². The maximum absolute atomic E-state index is 13.2. The summed E-state index contributed by atoms with van der Waals surface area (Å²) in [6.45, 7) is 4.32. The first-order valence-electron chi connectivity index (χ1n) is 8.32. The lowest BCUT2D eigenvalue weighted by molar-refractivity contribution is 0.117. The molecule has 4 nitrogen and oxygen atoms in total. The van der Waals surface area contributed by atoms with Crippen LogP contribution in [-0.4, -0.2) is 26.9 Å². The van der Waals surface area contributed by atoms with Crippen LogP contribution in [0.3, 0.4) is 0 Å². The third kappa shape index (κ3) is 2.97. The lowest BCUT2D eigenvalue weighted by Gasteiger charge is -2.10. The van der Waals surface area contributed by atoms with E-state index >= 15 is 0 Å². The average Bonchev–Trinajstić information content (AvgIpc) is 3.31. The van der Waals surface area contributed by atoms with Crippen molar-refractivity contribution in [3.8, 4) is 6.07 Å². The Morgan fingerprint density at radius 3 is 2.32 bits per heavy atom. The Hall–Kier alpha value is -2.16. The third-order valence-corrected chi connectivity index (χ3v) is 7.14. The van der Waals surface area contributed by atoms with Gasteiger partial charge in [-0.1, -0.05) is 48.0 Å². The highest BCUT2D eigenvalue weighted by Crippen LogP contribution is 2.63. The number of nitriles is 1. The summed E-state index contributed by atoms with van der Waals surface area (Å²) >= 11 is 0. The molecule has 1 aliphatic carbocycles. The van der Waals surface area contributed by atoms with Crippen LogP contribution >= 0.6 is 0 Å². The second kappa shape index (κ2) is 6.62. The van der Waals surface area contributed by atoms with Gasteiger partial charge in [-0.15, -0.1) is 0 Å². The summed E-state index contributed by atoms with van der Waals surface area (Å²) in [5.41, 5.74) is 0.820. The van der Waals surface area contributed by atoms with Crippen molar-refractivity contribution in [2.24, 2.45) is 5.41 Å². The SMILES string of the molecule is CCOC[C@@]1(C#N)[C@H](c2ccccc2)[C@@H]1S(=O)(=O)c1ccc(C)cc1. The molecule has 130 valence electrons. The molecule has 0 aromatic heterocycles. The molecule has 2 aromatic rings. The fraction of sp³-hybridized carbons (Fsp3) is 0.350. The largest absolute Gasteiger partial charge is 0.380 e. The van der Waals surface area contributed by atoms with Gasteiger partial charge in [0.2, 0.25) is 0 Å². The second-order valence-corrected chi connectivity index (χ2v) is 8.53. The van der Waals surface area contributed by atoms with Gasteiger partial charge in [0, 0.05) is 12.5 Å². The number of nitrogens with zero attached hydrogens (tertiary/aromatic N) is 1. The molecule has 0 radical (unpaired) electrons. The minimum Gasteiger partial charge on any atom is -0.380 e. The maximum Gasteiger partial charge on any atom is 0.183 e. The van der Waals surface area contributed by atoms with Crippen molar-refractivity contribution in [3.63, 3.8) is 0 Å². The zero-order chi connectivity index (χ0) is 18.1. The summed E-state index contributed by atoms with van der Waals surface area (Å²) < 4.78 is 31.9. The topological polar surface area (TPSA) is 67.2 Å². The van der Waals surface area contributed by atoms with Gasteiger partial charge >= 0.3 is 0 Å². The van der Waals surface area contributed by atoms with Crippen LogP contribution in [0.2, 0.25) is 0 Å². The van der Waals surface area contributed by atoms with Crippen LogP contribution in [0.5, 0.6) is 0 Å². The van der Waals surface area contributed by atoms with Crippen LogP contribution in [-0.2, 0) is 14.6 Å². The molecule has 0 aliphatic heterocycles. The molecule has 2 aromatic carbocycles. The van der Waals surface area contributed by atoms with Crippen molar-refractivity contribution in [1.82, 2.24) is 0 Å². The number of benzene rings is 2. The lowest BCUT2D eigenvalue weighted by Crippen LogP contribution is -2.19. The molecule has 0 N–H and O–H groups in total. The maximum atomic E-state index is 13.2. The number of sulfone groups is 1. The van der Waals surface area contributed by atoms with Gasteiger partial charge in [-0.2, -0.15) is 5.26 Å². The van der Waals surface area contributed by atoms with Crippen molar-refractivity contribution >= 4 is 9.84 Å². The molecular formula is C20H21NO3S. The quantitative estimate of drug-likeness (QED) is 0.795. The minimum absolute atomic E-state index is 0.120. The smallest absolute Gasteiger partial charge is 0.183 e. The van der Waals surface area contributed by atoms with E-state index in [-0.39, 0.29) is 17.4 Å². The first-order chi connectivity index (χ1) is 12.0. The summed E-state index contributed by atoms with van der Waals surface area (Å²) in [6.07, 6.45) is 0. The fourth-order valence-corrected chi connectivity index (χ4v) is 5.79. The second-order valence-electron chi connectivity index (χ2n) is 6.46. The van der Waals surface area contributed by atoms with E-state index in [0.29, 0.717) is 6.61 Å². The summed E-state index contributed by atoms with van der Waals surface area (Å²) in [5, 5.41) is 9.06. The number of ether oxygens (including phenoxy) is 1. The molecule has 3 atom stereocenters. The number of rotatable bonds is 6. The van der Waals surface area contributed by atoms with Crippen molar-refractivity contribution in [2.45, 2.75) is 29.9 Å². The minimum atomic E-state index is -3.63. The highest BCUT2D eigenvalue weighted by atomic mass is 32.2. The Bertz CT molecular complexity index is 885. The van der Waals surface area contributed by atoms with Crippen LogP contribution in [0.1, 0.15) is 24.0 Å². The van der Waals surface area contributed by atoms with Gasteiger partial charge in [0.15, 0.2) is 9.84 Å². The van der Waals surface area contributed by atoms with E-state index in [1.54, 1.807) is 24.3 Å². The van der Waals surface area contributed by atoms with Crippen LogP contribution in [0, 0.1) is 23.7 Å². The Labute approximate surface area is 149 Å². The van der Waals surface area contributed by atoms with E-state index in [9.17, 15) is 13.7 Å². The zero-order valence-corrected chi connectivity index (χ0v) is 15.2. The highest BCUT2D eigenvalue weighted by Gasteiger charge is 2.72. The first kappa shape index (κ1) is 17.7. The highest BCUT2D eigenvalue weighted by molar-refractivity contribution is 7.92. The molecule has 0 saturated heterocycles. The molecule has 5 heteroatoms. The van der Waals surface area contributed by atoms with Crippen molar-refractivity contribution in [2.75, 3.05) is 13.2 Å². The van der Waals surface area contributed by atoms with Crippen LogP contribution in [0.25, 0.3) is 0 Å². The fourth-order valence-electron chi connectivity index (χ4n) is 3.48. The Morgan fingerprint density at radius 1 is 1.12 bits per heavy atom. The molecule has 3 rings (SSSR count). The molecule has 25 heavy (non-hydrogen) atoms. The normalized spacial score (nSPS) is 25.3.